The fourth-order valence-electron chi connectivity index (χ4n) is 0.743. The Morgan fingerprint density at radius 3 is 1.73 bits per heavy atom. The molecule has 0 radical (unpaired) electrons. The van der Waals surface area contributed by atoms with Crippen molar-refractivity contribution in [2.45, 2.75) is 6.18 Å². The molecule has 0 heterocycles. The largest absolute Gasteiger partial charge is 0.503 e. The summed E-state index contributed by atoms with van der Waals surface area (Å²) in [6, 6.07) is 5.24. The van der Waals surface area contributed by atoms with Crippen LogP contribution in [0.25, 0.3) is 0 Å². The first-order chi connectivity index (χ1) is 6.73. The van der Waals surface area contributed by atoms with Gasteiger partial charge in [0.1, 0.15) is 0 Å². The van der Waals surface area contributed by atoms with Crippen LogP contribution in [-0.2, 0) is 6.18 Å². The van der Waals surface area contributed by atoms with E-state index in [0.717, 1.165) is 42.9 Å². The molecular formula is C8H6F3NaO3. The van der Waals surface area contributed by atoms with Gasteiger partial charge < -0.3 is 10.2 Å². The Labute approximate surface area is 101 Å². The van der Waals surface area contributed by atoms with Crippen molar-refractivity contribution in [2.24, 2.45) is 0 Å². The molecule has 0 spiro atoms. The molecule has 7 heteroatoms. The maximum Gasteiger partial charge on any atom is 0.503 e. The second-order valence-electron chi connectivity index (χ2n) is 2.65. The van der Waals surface area contributed by atoms with Crippen LogP contribution in [0.5, 0.6) is 0 Å². The van der Waals surface area contributed by atoms with Crippen LogP contribution in [0.15, 0.2) is 24.3 Å². The van der Waals surface area contributed by atoms with Gasteiger partial charge in [-0.25, -0.2) is 4.79 Å². The monoisotopic (exact) mass is 230 g/mol. The minimum atomic E-state index is -4.20. The third kappa shape index (κ3) is 7.24. The summed E-state index contributed by atoms with van der Waals surface area (Å²) in [5.74, 6) is 0. The van der Waals surface area contributed by atoms with Crippen molar-refractivity contribution in [3.63, 3.8) is 0 Å². The predicted octanol–water partition coefficient (Wildman–Crippen LogP) is 1.72. The molecule has 0 aliphatic carbocycles. The van der Waals surface area contributed by atoms with Crippen LogP contribution >= 0.6 is 0 Å². The molecule has 0 saturated carbocycles. The topological polar surface area (TPSA) is 57.5 Å². The minimum absolute atomic E-state index is 0.572. The third-order valence-electron chi connectivity index (χ3n) is 1.38. The molecule has 0 aromatic heterocycles. The molecule has 2 N–H and O–H groups in total. The fourth-order valence-corrected chi connectivity index (χ4v) is 1.08. The molecular weight excluding hydrogens is 224 g/mol. The Bertz CT molecular complexity index is 317. The summed E-state index contributed by atoms with van der Waals surface area (Å²) in [6.45, 7) is 0. The van der Waals surface area contributed by atoms with E-state index in [4.69, 9.17) is 15.0 Å². The zero-order chi connectivity index (χ0) is 12.1. The van der Waals surface area contributed by atoms with Gasteiger partial charge in [-0.3, -0.25) is 0 Å². The number of hydrogen-bond acceptors (Lipinski definition) is 1. The molecule has 1 aromatic carbocycles. The molecule has 0 amide bonds. The van der Waals surface area contributed by atoms with E-state index in [0.29, 0.717) is 0 Å². The van der Waals surface area contributed by atoms with E-state index in [1.54, 1.807) is 0 Å². The van der Waals surface area contributed by atoms with Gasteiger partial charge in [0.15, 0.2) is 0 Å². The summed E-state index contributed by atoms with van der Waals surface area (Å²) >= 11 is 0.791. The van der Waals surface area contributed by atoms with Gasteiger partial charge >= 0.3 is 86.1 Å². The van der Waals surface area contributed by atoms with Crippen molar-refractivity contribution in [1.82, 2.24) is 0 Å². The Balaban J connectivity index is 0.000000423. The van der Waals surface area contributed by atoms with Crippen LogP contribution in [0.3, 0.4) is 0 Å². The molecule has 1 aromatic rings. The van der Waals surface area contributed by atoms with Crippen LogP contribution < -0.4 is 2.81 Å². The van der Waals surface area contributed by atoms with Crippen molar-refractivity contribution >= 4 is 36.9 Å². The van der Waals surface area contributed by atoms with Gasteiger partial charge in [0.05, 0.1) is 0 Å². The standard InChI is InChI=1S/C7H4F3.CH2O3.Na/c8-7(9,10)6-4-2-1-3-5-6;2-1(3)4;/h2-5H;(H2,2,3,4);. The summed E-state index contributed by atoms with van der Waals surface area (Å²) in [5.41, 5.74) is -0.572. The first-order valence-corrected chi connectivity index (χ1v) is 4.79. The summed E-state index contributed by atoms with van der Waals surface area (Å²) in [5, 5.41) is 13.9. The second kappa shape index (κ2) is 5.99. The minimum Gasteiger partial charge on any atom is -0.450 e. The Morgan fingerprint density at radius 1 is 1.13 bits per heavy atom. The molecule has 1 rings (SSSR count). The zero-order valence-corrected chi connectivity index (χ0v) is 9.75. The Morgan fingerprint density at radius 2 is 1.47 bits per heavy atom. The number of hydrogen-bond donors (Lipinski definition) is 2. The Hall–Kier alpha value is -0.720. The van der Waals surface area contributed by atoms with Crippen LogP contribution in [0.1, 0.15) is 5.56 Å². The van der Waals surface area contributed by atoms with E-state index in [2.05, 4.69) is 0 Å². The number of benzene rings is 1. The number of rotatable bonds is 0. The molecule has 0 unspecified atom stereocenters. The molecule has 0 saturated heterocycles. The maximum atomic E-state index is 11.9. The van der Waals surface area contributed by atoms with Crippen LogP contribution in [0.2, 0.25) is 0 Å². The van der Waals surface area contributed by atoms with Gasteiger partial charge in [-0.2, -0.15) is 0 Å². The number of carbonyl (C=O) groups is 1. The van der Waals surface area contributed by atoms with Crippen LogP contribution in [0.4, 0.5) is 18.0 Å². The zero-order valence-electron chi connectivity index (χ0n) is 7.75. The second-order valence-corrected chi connectivity index (χ2v) is 3.80. The molecule has 78 valence electrons. The normalized spacial score (nSPS) is 10.2. The first kappa shape index (κ1) is 14.3. The first-order valence-electron chi connectivity index (χ1n) is 3.79. The van der Waals surface area contributed by atoms with E-state index >= 15 is 0 Å². The van der Waals surface area contributed by atoms with E-state index in [1.165, 1.54) is 12.1 Å². The molecule has 0 aliphatic rings. The Kier molecular flexibility index (Phi) is 5.71. The summed E-state index contributed by atoms with van der Waals surface area (Å²) in [7, 11) is 0. The van der Waals surface area contributed by atoms with E-state index in [9.17, 15) is 13.2 Å². The van der Waals surface area contributed by atoms with Gasteiger partial charge in [-0.1, -0.05) is 0 Å². The molecule has 0 aliphatic heterocycles. The maximum absolute atomic E-state index is 11.9. The van der Waals surface area contributed by atoms with E-state index in [-0.39, 0.29) is 0 Å². The van der Waals surface area contributed by atoms with Crippen molar-refractivity contribution in [2.75, 3.05) is 0 Å². The summed E-state index contributed by atoms with van der Waals surface area (Å²) in [6.07, 6.45) is -6.03. The van der Waals surface area contributed by atoms with Crippen molar-refractivity contribution in [3.05, 3.63) is 29.8 Å². The van der Waals surface area contributed by atoms with Gasteiger partial charge in [-0.05, 0) is 0 Å². The molecule has 0 atom stereocenters. The molecule has 0 bridgehead atoms. The predicted molar refractivity (Wildman–Crippen MR) is 47.5 cm³/mol. The average molecular weight is 230 g/mol. The molecule has 3 nitrogen and oxygen atoms in total. The van der Waals surface area contributed by atoms with Gasteiger partial charge in [0, 0.05) is 0 Å². The fraction of sp³-hybridized carbons (Fsp3) is 0.125. The van der Waals surface area contributed by atoms with E-state index in [1.807, 2.05) is 0 Å². The average Bonchev–Trinajstić information content (AvgIpc) is 2.01. The number of alkyl halides is 3. The van der Waals surface area contributed by atoms with Crippen molar-refractivity contribution < 1.29 is 28.2 Å². The summed E-state index contributed by atoms with van der Waals surface area (Å²) in [4.78, 5) is 8.56. The third-order valence-corrected chi connectivity index (χ3v) is 2.05. The summed E-state index contributed by atoms with van der Waals surface area (Å²) < 4.78 is 36.8. The molecule has 0 fully saturated rings. The van der Waals surface area contributed by atoms with Gasteiger partial charge in [-0.15, -0.1) is 0 Å². The molecule has 15 heavy (non-hydrogen) atoms. The smallest absolute Gasteiger partial charge is 0.450 e. The number of halogens is 3. The SMILES string of the molecule is FC(F)(F)c1cc[c]([Na])cc1.O=C(O)O. The number of carboxylic acid groups (broad SMARTS) is 2. The van der Waals surface area contributed by atoms with Crippen LogP contribution in [0, 0.1) is 0 Å². The van der Waals surface area contributed by atoms with Gasteiger partial charge in [0.25, 0.3) is 0 Å². The van der Waals surface area contributed by atoms with Crippen molar-refractivity contribution in [1.29, 1.82) is 0 Å². The quantitative estimate of drug-likeness (QED) is 0.667. The van der Waals surface area contributed by atoms with E-state index < -0.39 is 17.9 Å². The van der Waals surface area contributed by atoms with Crippen molar-refractivity contribution in [3.8, 4) is 0 Å². The van der Waals surface area contributed by atoms with Gasteiger partial charge in [0.2, 0.25) is 0 Å². The van der Waals surface area contributed by atoms with Crippen LogP contribution in [-0.4, -0.2) is 44.3 Å².